The molecule has 1 aliphatic rings. The zero-order valence-corrected chi connectivity index (χ0v) is 14.8. The lowest BCUT2D eigenvalue weighted by molar-refractivity contribution is -0.327. The van der Waals surface area contributed by atoms with Crippen LogP contribution in [0.15, 0.2) is 0 Å². The summed E-state index contributed by atoms with van der Waals surface area (Å²) in [6, 6.07) is 0. The molecule has 1 heterocycles. The number of hydrogen-bond donors (Lipinski definition) is 10. The average Bonchev–Trinajstić information content (AvgIpc) is 2.67. The first kappa shape index (κ1) is 24.6. The molecule has 1 rings (SSSR count). The predicted molar refractivity (Wildman–Crippen MR) is 88.3 cm³/mol. The van der Waals surface area contributed by atoms with Crippen LogP contribution in [0, 0.1) is 0 Å². The van der Waals surface area contributed by atoms with Crippen molar-refractivity contribution in [2.75, 3.05) is 32.9 Å². The van der Waals surface area contributed by atoms with Crippen LogP contribution in [-0.2, 0) is 9.47 Å². The maximum absolute atomic E-state index is 10.3. The topological polar surface area (TPSA) is 213 Å². The smallest absolute Gasteiger partial charge is 0.187 e. The van der Waals surface area contributed by atoms with Crippen molar-refractivity contribution >= 4 is 0 Å². The standard InChI is InChI=1S/C15H31NO11/c17-3-1-2-16-4-7(20)10(22)14(8(21)5-18)27-15-13(25)12(24)11(23)9(6-19)26-15/h7-25H,1-6H2. The molecule has 0 aromatic carbocycles. The van der Waals surface area contributed by atoms with Crippen LogP contribution in [0.5, 0.6) is 0 Å². The Hall–Kier alpha value is -0.480. The molecule has 0 aliphatic carbocycles. The van der Waals surface area contributed by atoms with E-state index < -0.39 is 68.3 Å². The molecule has 0 bridgehead atoms. The summed E-state index contributed by atoms with van der Waals surface area (Å²) < 4.78 is 10.4. The van der Waals surface area contributed by atoms with Crippen LogP contribution in [0.4, 0.5) is 0 Å². The molecule has 12 nitrogen and oxygen atoms in total. The van der Waals surface area contributed by atoms with Crippen molar-refractivity contribution < 1.29 is 55.4 Å². The van der Waals surface area contributed by atoms with Gasteiger partial charge in [-0.05, 0) is 13.0 Å². The van der Waals surface area contributed by atoms with Gasteiger partial charge in [0.25, 0.3) is 0 Å². The molecule has 0 amide bonds. The van der Waals surface area contributed by atoms with Gasteiger partial charge in [0.05, 0.1) is 19.3 Å². The van der Waals surface area contributed by atoms with Crippen molar-refractivity contribution in [2.24, 2.45) is 0 Å². The quantitative estimate of drug-likeness (QED) is 0.139. The molecular weight excluding hydrogens is 370 g/mol. The van der Waals surface area contributed by atoms with Crippen LogP contribution in [0.3, 0.4) is 0 Å². The van der Waals surface area contributed by atoms with Crippen molar-refractivity contribution in [3.8, 4) is 0 Å². The molecule has 9 atom stereocenters. The van der Waals surface area contributed by atoms with Gasteiger partial charge in [-0.2, -0.15) is 0 Å². The Balaban J connectivity index is 2.78. The fraction of sp³-hybridized carbons (Fsp3) is 1.00. The highest BCUT2D eigenvalue weighted by molar-refractivity contribution is 4.91. The van der Waals surface area contributed by atoms with Gasteiger partial charge in [0.2, 0.25) is 0 Å². The van der Waals surface area contributed by atoms with E-state index in [4.69, 9.17) is 14.6 Å². The van der Waals surface area contributed by atoms with E-state index in [0.717, 1.165) is 0 Å². The highest BCUT2D eigenvalue weighted by Crippen LogP contribution is 2.24. The molecule has 9 unspecified atom stereocenters. The van der Waals surface area contributed by atoms with Crippen LogP contribution in [-0.4, -0.2) is 134 Å². The van der Waals surface area contributed by atoms with E-state index in [9.17, 15) is 40.9 Å². The predicted octanol–water partition coefficient (Wildman–Crippen LogP) is -5.78. The van der Waals surface area contributed by atoms with Crippen molar-refractivity contribution in [2.45, 2.75) is 61.5 Å². The van der Waals surface area contributed by atoms with Crippen molar-refractivity contribution in [1.29, 1.82) is 0 Å². The Labute approximate surface area is 156 Å². The Morgan fingerprint density at radius 2 is 1.59 bits per heavy atom. The number of hydrogen-bond acceptors (Lipinski definition) is 12. The lowest BCUT2D eigenvalue weighted by Crippen LogP contribution is -2.61. The summed E-state index contributed by atoms with van der Waals surface area (Å²) in [4.78, 5) is 0. The SMILES string of the molecule is OCCCNCC(O)C(O)C(OC1OC(CO)C(O)C(O)C1O)C(O)CO. The van der Waals surface area contributed by atoms with Crippen LogP contribution < -0.4 is 5.32 Å². The fourth-order valence-corrected chi connectivity index (χ4v) is 2.63. The highest BCUT2D eigenvalue weighted by Gasteiger charge is 2.46. The second-order valence-corrected chi connectivity index (χ2v) is 6.39. The lowest BCUT2D eigenvalue weighted by atomic mass is 9.98. The summed E-state index contributed by atoms with van der Waals surface area (Å²) in [5, 5.41) is 89.5. The zero-order valence-electron chi connectivity index (χ0n) is 14.8. The van der Waals surface area contributed by atoms with Gasteiger partial charge in [0.15, 0.2) is 6.29 Å². The number of nitrogens with one attached hydrogen (secondary N) is 1. The van der Waals surface area contributed by atoms with E-state index in [0.29, 0.717) is 13.0 Å². The number of ether oxygens (including phenoxy) is 2. The van der Waals surface area contributed by atoms with Gasteiger partial charge in [-0.25, -0.2) is 0 Å². The lowest BCUT2D eigenvalue weighted by Gasteiger charge is -2.42. The van der Waals surface area contributed by atoms with Gasteiger partial charge in [-0.15, -0.1) is 0 Å². The van der Waals surface area contributed by atoms with Gasteiger partial charge >= 0.3 is 0 Å². The zero-order chi connectivity index (χ0) is 20.6. The van der Waals surface area contributed by atoms with Crippen LogP contribution in [0.2, 0.25) is 0 Å². The molecule has 1 aliphatic heterocycles. The average molecular weight is 401 g/mol. The second-order valence-electron chi connectivity index (χ2n) is 6.39. The summed E-state index contributed by atoms with van der Waals surface area (Å²) in [6.07, 6.45) is -14.1. The molecule has 10 N–H and O–H groups in total. The van der Waals surface area contributed by atoms with Crippen molar-refractivity contribution in [1.82, 2.24) is 5.32 Å². The number of rotatable bonds is 12. The molecule has 12 heteroatoms. The van der Waals surface area contributed by atoms with E-state index in [1.807, 2.05) is 0 Å². The molecule has 1 saturated heterocycles. The van der Waals surface area contributed by atoms with Gasteiger partial charge in [-0.1, -0.05) is 0 Å². The van der Waals surface area contributed by atoms with Gasteiger partial charge in [0.1, 0.15) is 42.7 Å². The monoisotopic (exact) mass is 401 g/mol. The Morgan fingerprint density at radius 3 is 2.15 bits per heavy atom. The molecule has 0 radical (unpaired) electrons. The van der Waals surface area contributed by atoms with Crippen LogP contribution >= 0.6 is 0 Å². The Bertz CT molecular complexity index is 402. The Kier molecular flexibility index (Phi) is 11.1. The van der Waals surface area contributed by atoms with E-state index in [2.05, 4.69) is 5.32 Å². The minimum Gasteiger partial charge on any atom is -0.396 e. The van der Waals surface area contributed by atoms with E-state index in [1.165, 1.54) is 0 Å². The summed E-state index contributed by atoms with van der Waals surface area (Å²) in [6.45, 7) is -1.35. The minimum absolute atomic E-state index is 0.0578. The molecule has 0 aromatic heterocycles. The molecule has 162 valence electrons. The minimum atomic E-state index is -1.77. The summed E-state index contributed by atoms with van der Waals surface area (Å²) >= 11 is 0. The largest absolute Gasteiger partial charge is 0.396 e. The normalized spacial score (nSPS) is 33.4. The van der Waals surface area contributed by atoms with Crippen LogP contribution in [0.25, 0.3) is 0 Å². The van der Waals surface area contributed by atoms with Crippen molar-refractivity contribution in [3.05, 3.63) is 0 Å². The van der Waals surface area contributed by atoms with Gasteiger partial charge in [0, 0.05) is 13.2 Å². The summed E-state index contributed by atoms with van der Waals surface area (Å²) in [5.74, 6) is 0. The van der Waals surface area contributed by atoms with E-state index in [1.54, 1.807) is 0 Å². The van der Waals surface area contributed by atoms with Gasteiger partial charge in [-0.3, -0.25) is 0 Å². The first-order valence-corrected chi connectivity index (χ1v) is 8.71. The summed E-state index contributed by atoms with van der Waals surface area (Å²) in [7, 11) is 0. The second kappa shape index (κ2) is 12.2. The van der Waals surface area contributed by atoms with E-state index >= 15 is 0 Å². The highest BCUT2D eigenvalue weighted by atomic mass is 16.7. The van der Waals surface area contributed by atoms with Crippen molar-refractivity contribution in [3.63, 3.8) is 0 Å². The third-order valence-electron chi connectivity index (χ3n) is 4.30. The molecule has 0 aromatic rings. The van der Waals surface area contributed by atoms with Gasteiger partial charge < -0.3 is 60.7 Å². The number of aliphatic hydroxyl groups excluding tert-OH is 9. The fourth-order valence-electron chi connectivity index (χ4n) is 2.63. The molecule has 1 fully saturated rings. The molecule has 0 spiro atoms. The van der Waals surface area contributed by atoms with E-state index in [-0.39, 0.29) is 13.2 Å². The Morgan fingerprint density at radius 1 is 0.926 bits per heavy atom. The summed E-state index contributed by atoms with van der Waals surface area (Å²) in [5.41, 5.74) is 0. The van der Waals surface area contributed by atoms with Crippen LogP contribution in [0.1, 0.15) is 6.42 Å². The third-order valence-corrected chi connectivity index (χ3v) is 4.30. The number of aliphatic hydroxyl groups is 9. The first-order chi connectivity index (χ1) is 12.8. The molecule has 27 heavy (non-hydrogen) atoms. The first-order valence-electron chi connectivity index (χ1n) is 8.71. The molecular formula is C15H31NO11. The maximum atomic E-state index is 10.3. The third kappa shape index (κ3) is 6.81. The maximum Gasteiger partial charge on any atom is 0.187 e. The molecule has 0 saturated carbocycles.